The third-order valence-electron chi connectivity index (χ3n) is 4.04. The Morgan fingerprint density at radius 3 is 2.75 bits per heavy atom. The van der Waals surface area contributed by atoms with Gasteiger partial charge in [0.15, 0.2) is 11.2 Å². The number of carbonyl (C=O) groups is 1. The van der Waals surface area contributed by atoms with Gasteiger partial charge in [-0.1, -0.05) is 47.1 Å². The summed E-state index contributed by atoms with van der Waals surface area (Å²) in [4.78, 5) is 28.7. The molecule has 0 saturated carbocycles. The fourth-order valence-corrected chi connectivity index (χ4v) is 2.84. The number of fused-ring (bicyclic) bond motifs is 1. The highest BCUT2D eigenvalue weighted by Crippen LogP contribution is 2.18. The van der Waals surface area contributed by atoms with Crippen molar-refractivity contribution < 1.29 is 13.7 Å². The molecule has 0 radical (unpaired) electrons. The number of carbonyl (C=O) groups excluding carboxylic acids is 1. The Bertz CT molecular complexity index is 1200. The molecule has 2 aromatic carbocycles. The van der Waals surface area contributed by atoms with E-state index < -0.39 is 5.91 Å². The Labute approximate surface area is 163 Å². The van der Waals surface area contributed by atoms with Gasteiger partial charge in [0.2, 0.25) is 11.7 Å². The van der Waals surface area contributed by atoms with Crippen LogP contribution < -0.4 is 10.7 Å². The molecule has 4 aromatic rings. The SMILES string of the molecule is O=C(NCCc1nc(-c2ccccc2)no1)c1cc(=O)c2cc(Cl)ccc2o1. The molecular weight excluding hydrogens is 382 g/mol. The molecule has 140 valence electrons. The maximum Gasteiger partial charge on any atom is 0.287 e. The number of hydrogen-bond donors (Lipinski definition) is 1. The molecule has 0 saturated heterocycles. The van der Waals surface area contributed by atoms with Crippen molar-refractivity contribution in [3.8, 4) is 11.4 Å². The second-order valence-corrected chi connectivity index (χ2v) is 6.44. The lowest BCUT2D eigenvalue weighted by Crippen LogP contribution is -2.26. The normalized spacial score (nSPS) is 10.9. The van der Waals surface area contributed by atoms with Gasteiger partial charge in [0.05, 0.1) is 5.39 Å². The molecule has 0 aliphatic rings. The van der Waals surface area contributed by atoms with Crippen molar-refractivity contribution in [3.63, 3.8) is 0 Å². The van der Waals surface area contributed by atoms with Gasteiger partial charge in [0.1, 0.15) is 5.58 Å². The average Bonchev–Trinajstić information content (AvgIpc) is 3.18. The zero-order valence-corrected chi connectivity index (χ0v) is 15.3. The average molecular weight is 396 g/mol. The van der Waals surface area contributed by atoms with Crippen LogP contribution in [0.5, 0.6) is 0 Å². The predicted octanol–water partition coefficient (Wildman–Crippen LogP) is 3.47. The summed E-state index contributed by atoms with van der Waals surface area (Å²) in [7, 11) is 0. The van der Waals surface area contributed by atoms with E-state index in [1.165, 1.54) is 6.07 Å². The summed E-state index contributed by atoms with van der Waals surface area (Å²) in [6.45, 7) is 0.248. The Morgan fingerprint density at radius 1 is 1.11 bits per heavy atom. The quantitative estimate of drug-likeness (QED) is 0.555. The number of nitrogens with one attached hydrogen (secondary N) is 1. The van der Waals surface area contributed by atoms with E-state index >= 15 is 0 Å². The Hall–Kier alpha value is -3.45. The van der Waals surface area contributed by atoms with Gasteiger partial charge in [-0.05, 0) is 18.2 Å². The summed E-state index contributed by atoms with van der Waals surface area (Å²) in [6.07, 6.45) is 0.346. The number of halogens is 1. The fraction of sp³-hybridized carbons (Fsp3) is 0.100. The summed E-state index contributed by atoms with van der Waals surface area (Å²) >= 11 is 5.88. The molecule has 1 amide bonds. The minimum Gasteiger partial charge on any atom is -0.451 e. The van der Waals surface area contributed by atoms with Crippen LogP contribution in [0.1, 0.15) is 16.4 Å². The second-order valence-electron chi connectivity index (χ2n) is 6.00. The number of rotatable bonds is 5. The van der Waals surface area contributed by atoms with E-state index in [0.29, 0.717) is 34.1 Å². The first-order valence-corrected chi connectivity index (χ1v) is 8.87. The molecule has 2 aromatic heterocycles. The molecule has 7 nitrogen and oxygen atoms in total. The van der Waals surface area contributed by atoms with Gasteiger partial charge in [-0.25, -0.2) is 0 Å². The zero-order chi connectivity index (χ0) is 19.5. The number of nitrogens with zero attached hydrogens (tertiary/aromatic N) is 2. The summed E-state index contributed by atoms with van der Waals surface area (Å²) in [5.74, 6) is 0.307. The minimum atomic E-state index is -0.503. The maximum absolute atomic E-state index is 12.3. The van der Waals surface area contributed by atoms with Crippen LogP contribution >= 0.6 is 11.6 Å². The predicted molar refractivity (Wildman–Crippen MR) is 103 cm³/mol. The summed E-state index contributed by atoms with van der Waals surface area (Å²) in [6, 6.07) is 15.2. The van der Waals surface area contributed by atoms with Gasteiger partial charge < -0.3 is 14.3 Å². The molecule has 2 heterocycles. The van der Waals surface area contributed by atoms with Crippen molar-refractivity contribution in [2.45, 2.75) is 6.42 Å². The van der Waals surface area contributed by atoms with Gasteiger partial charge in [0, 0.05) is 29.6 Å². The summed E-state index contributed by atoms with van der Waals surface area (Å²) < 4.78 is 10.7. The molecule has 0 atom stereocenters. The monoisotopic (exact) mass is 395 g/mol. The van der Waals surface area contributed by atoms with Gasteiger partial charge in [-0.2, -0.15) is 4.98 Å². The number of hydrogen-bond acceptors (Lipinski definition) is 6. The minimum absolute atomic E-state index is 0.0738. The number of aromatic nitrogens is 2. The largest absolute Gasteiger partial charge is 0.451 e. The first-order chi connectivity index (χ1) is 13.6. The molecule has 0 fully saturated rings. The molecule has 28 heavy (non-hydrogen) atoms. The third kappa shape index (κ3) is 3.79. The van der Waals surface area contributed by atoms with Crippen molar-refractivity contribution in [2.24, 2.45) is 0 Å². The van der Waals surface area contributed by atoms with E-state index in [0.717, 1.165) is 11.6 Å². The van der Waals surface area contributed by atoms with Crippen LogP contribution in [0.3, 0.4) is 0 Å². The lowest BCUT2D eigenvalue weighted by atomic mass is 10.2. The lowest BCUT2D eigenvalue weighted by Gasteiger charge is -2.04. The van der Waals surface area contributed by atoms with Gasteiger partial charge in [-0.3, -0.25) is 9.59 Å². The van der Waals surface area contributed by atoms with Crippen molar-refractivity contribution in [1.82, 2.24) is 15.5 Å². The number of amides is 1. The van der Waals surface area contributed by atoms with Gasteiger partial charge in [0.25, 0.3) is 5.91 Å². The van der Waals surface area contributed by atoms with Gasteiger partial charge >= 0.3 is 0 Å². The summed E-state index contributed by atoms with van der Waals surface area (Å²) in [5, 5.41) is 7.35. The molecule has 0 bridgehead atoms. The molecule has 8 heteroatoms. The molecule has 0 aliphatic carbocycles. The van der Waals surface area contributed by atoms with Gasteiger partial charge in [-0.15, -0.1) is 0 Å². The van der Waals surface area contributed by atoms with Crippen LogP contribution in [-0.2, 0) is 6.42 Å². The van der Waals surface area contributed by atoms with E-state index in [2.05, 4.69) is 15.5 Å². The summed E-state index contributed by atoms with van der Waals surface area (Å²) in [5.41, 5.74) is 0.810. The van der Waals surface area contributed by atoms with Crippen molar-refractivity contribution >= 4 is 28.5 Å². The maximum atomic E-state index is 12.3. The lowest BCUT2D eigenvalue weighted by molar-refractivity contribution is 0.0926. The topological polar surface area (TPSA) is 98.2 Å². The van der Waals surface area contributed by atoms with Crippen LogP contribution in [0.4, 0.5) is 0 Å². The van der Waals surface area contributed by atoms with E-state index in [1.54, 1.807) is 12.1 Å². The van der Waals surface area contributed by atoms with E-state index in [-0.39, 0.29) is 17.7 Å². The molecule has 1 N–H and O–H groups in total. The van der Waals surface area contributed by atoms with E-state index in [9.17, 15) is 9.59 Å². The molecule has 0 aliphatic heterocycles. The van der Waals surface area contributed by atoms with Crippen molar-refractivity contribution in [2.75, 3.05) is 6.54 Å². The van der Waals surface area contributed by atoms with E-state index in [1.807, 2.05) is 30.3 Å². The highest BCUT2D eigenvalue weighted by atomic mass is 35.5. The Balaban J connectivity index is 1.41. The Morgan fingerprint density at radius 2 is 1.93 bits per heavy atom. The van der Waals surface area contributed by atoms with Crippen LogP contribution in [0, 0.1) is 0 Å². The van der Waals surface area contributed by atoms with Crippen molar-refractivity contribution in [1.29, 1.82) is 0 Å². The highest BCUT2D eigenvalue weighted by molar-refractivity contribution is 6.31. The van der Waals surface area contributed by atoms with Crippen LogP contribution in [0.2, 0.25) is 5.02 Å². The fourth-order valence-electron chi connectivity index (χ4n) is 2.67. The van der Waals surface area contributed by atoms with Crippen molar-refractivity contribution in [3.05, 3.63) is 81.5 Å². The highest BCUT2D eigenvalue weighted by Gasteiger charge is 2.13. The molecule has 0 unspecified atom stereocenters. The molecule has 0 spiro atoms. The van der Waals surface area contributed by atoms with Crippen LogP contribution in [0.25, 0.3) is 22.4 Å². The number of benzene rings is 2. The van der Waals surface area contributed by atoms with Crippen LogP contribution in [-0.4, -0.2) is 22.6 Å². The van der Waals surface area contributed by atoms with E-state index in [4.69, 9.17) is 20.5 Å². The Kier molecular flexibility index (Phi) is 4.90. The first-order valence-electron chi connectivity index (χ1n) is 8.50. The van der Waals surface area contributed by atoms with Crippen LogP contribution in [0.15, 0.2) is 68.3 Å². The molecular formula is C20H14ClN3O4. The third-order valence-corrected chi connectivity index (χ3v) is 4.27. The smallest absolute Gasteiger partial charge is 0.287 e. The standard InChI is InChI=1S/C20H14ClN3O4/c21-13-6-7-16-14(10-13)15(25)11-17(27-16)20(26)22-9-8-18-23-19(24-28-18)12-4-2-1-3-5-12/h1-7,10-11H,8-9H2,(H,22,26). The zero-order valence-electron chi connectivity index (χ0n) is 14.5. The first kappa shape index (κ1) is 17.9. The molecule has 4 rings (SSSR count). The second kappa shape index (κ2) is 7.66.